The smallest absolute Gasteiger partial charge is 0.240 e. The predicted octanol–water partition coefficient (Wildman–Crippen LogP) is 1.58. The summed E-state index contributed by atoms with van der Waals surface area (Å²) in [5, 5.41) is 4.22. The van der Waals surface area contributed by atoms with E-state index in [0.717, 1.165) is 29.1 Å². The average Bonchev–Trinajstić information content (AvgIpc) is 3.00. The summed E-state index contributed by atoms with van der Waals surface area (Å²) in [6.45, 7) is 1.98. The third-order valence-corrected chi connectivity index (χ3v) is 3.96. The molecule has 0 spiro atoms. The molecule has 4 rings (SSSR count). The molecule has 2 heterocycles. The van der Waals surface area contributed by atoms with Gasteiger partial charge in [0.25, 0.3) is 0 Å². The maximum atomic E-state index is 11.4. The van der Waals surface area contributed by atoms with Crippen molar-refractivity contribution < 1.29 is 4.79 Å². The molecule has 20 heavy (non-hydrogen) atoms. The van der Waals surface area contributed by atoms with Gasteiger partial charge in [0.1, 0.15) is 0 Å². The molecular formula is C15H14N4O. The lowest BCUT2D eigenvalue weighted by Gasteiger charge is -2.15. The van der Waals surface area contributed by atoms with Gasteiger partial charge < -0.3 is 4.57 Å². The SMILES string of the molecule is Cc1cn(-c2ccc3c(c2)CC2CC(=O)NN=C32)cn1. The number of carbonyl (C=O) groups excluding carboxylic acids is 1. The summed E-state index contributed by atoms with van der Waals surface area (Å²) in [6.07, 6.45) is 5.25. The number of imidazole rings is 1. The van der Waals surface area contributed by atoms with E-state index in [2.05, 4.69) is 33.7 Å². The van der Waals surface area contributed by atoms with Crippen LogP contribution in [0, 0.1) is 12.8 Å². The van der Waals surface area contributed by atoms with Gasteiger partial charge in [0, 0.05) is 29.8 Å². The van der Waals surface area contributed by atoms with Crippen LogP contribution in [-0.4, -0.2) is 21.2 Å². The van der Waals surface area contributed by atoms with Gasteiger partial charge in [-0.15, -0.1) is 0 Å². The highest BCUT2D eigenvalue weighted by atomic mass is 16.2. The fourth-order valence-corrected chi connectivity index (χ4v) is 3.02. The number of nitrogens with one attached hydrogen (secondary N) is 1. The molecule has 1 N–H and O–H groups in total. The Morgan fingerprint density at radius 3 is 3.05 bits per heavy atom. The van der Waals surface area contributed by atoms with Gasteiger partial charge in [0.05, 0.1) is 17.7 Å². The van der Waals surface area contributed by atoms with E-state index >= 15 is 0 Å². The molecule has 0 radical (unpaired) electrons. The molecule has 1 aromatic carbocycles. The van der Waals surface area contributed by atoms with Crippen LogP contribution < -0.4 is 5.43 Å². The minimum atomic E-state index is 0.0111. The highest BCUT2D eigenvalue weighted by Gasteiger charge is 2.33. The molecule has 1 aromatic heterocycles. The lowest BCUT2D eigenvalue weighted by Crippen LogP contribution is -2.31. The number of benzene rings is 1. The van der Waals surface area contributed by atoms with E-state index in [1.54, 1.807) is 0 Å². The van der Waals surface area contributed by atoms with Gasteiger partial charge in [0.15, 0.2) is 0 Å². The summed E-state index contributed by atoms with van der Waals surface area (Å²) >= 11 is 0. The van der Waals surface area contributed by atoms with Crippen molar-refractivity contribution in [2.45, 2.75) is 19.8 Å². The minimum Gasteiger partial charge on any atom is -0.306 e. The first-order valence-corrected chi connectivity index (χ1v) is 6.71. The number of hydrogen-bond donors (Lipinski definition) is 1. The van der Waals surface area contributed by atoms with Crippen LogP contribution >= 0.6 is 0 Å². The van der Waals surface area contributed by atoms with Crippen molar-refractivity contribution in [2.75, 3.05) is 0 Å². The molecule has 0 saturated carbocycles. The third kappa shape index (κ3) is 1.66. The van der Waals surface area contributed by atoms with Crippen LogP contribution in [0.15, 0.2) is 35.8 Å². The molecule has 1 aliphatic carbocycles. The maximum absolute atomic E-state index is 11.4. The van der Waals surface area contributed by atoms with Crippen LogP contribution in [0.25, 0.3) is 5.69 Å². The van der Waals surface area contributed by atoms with E-state index in [4.69, 9.17) is 0 Å². The highest BCUT2D eigenvalue weighted by Crippen LogP contribution is 2.32. The monoisotopic (exact) mass is 266 g/mol. The molecule has 1 aliphatic heterocycles. The Labute approximate surface area is 116 Å². The Morgan fingerprint density at radius 1 is 1.35 bits per heavy atom. The molecular weight excluding hydrogens is 252 g/mol. The van der Waals surface area contributed by atoms with Crippen molar-refractivity contribution in [1.29, 1.82) is 0 Å². The lowest BCUT2D eigenvalue weighted by molar-refractivity contribution is -0.121. The number of nitrogens with zero attached hydrogens (tertiary/aromatic N) is 3. The van der Waals surface area contributed by atoms with Crippen LogP contribution in [0.1, 0.15) is 23.2 Å². The van der Waals surface area contributed by atoms with E-state index in [9.17, 15) is 4.79 Å². The number of carbonyl (C=O) groups is 1. The Hall–Kier alpha value is -2.43. The molecule has 100 valence electrons. The van der Waals surface area contributed by atoms with Crippen LogP contribution in [0.4, 0.5) is 0 Å². The number of fused-ring (bicyclic) bond motifs is 3. The zero-order valence-corrected chi connectivity index (χ0v) is 11.1. The van der Waals surface area contributed by atoms with E-state index in [1.165, 1.54) is 5.56 Å². The summed E-state index contributed by atoms with van der Waals surface area (Å²) in [7, 11) is 0. The number of hydrazone groups is 1. The summed E-state index contributed by atoms with van der Waals surface area (Å²) in [5.41, 5.74) is 8.12. The van der Waals surface area contributed by atoms with Crippen molar-refractivity contribution in [1.82, 2.24) is 15.0 Å². The van der Waals surface area contributed by atoms with Gasteiger partial charge in [-0.25, -0.2) is 10.4 Å². The summed E-state index contributed by atoms with van der Waals surface area (Å²) < 4.78 is 2.02. The zero-order chi connectivity index (χ0) is 13.7. The van der Waals surface area contributed by atoms with E-state index in [1.807, 2.05) is 24.0 Å². The summed E-state index contributed by atoms with van der Waals surface area (Å²) in [5.74, 6) is 0.246. The van der Waals surface area contributed by atoms with Crippen LogP contribution in [0.2, 0.25) is 0 Å². The van der Waals surface area contributed by atoms with Crippen LogP contribution in [0.3, 0.4) is 0 Å². The quantitative estimate of drug-likeness (QED) is 0.852. The Balaban J connectivity index is 1.75. The van der Waals surface area contributed by atoms with E-state index in [-0.39, 0.29) is 11.8 Å². The van der Waals surface area contributed by atoms with Gasteiger partial charge in [-0.05, 0) is 31.0 Å². The second-order valence-electron chi connectivity index (χ2n) is 5.40. The Morgan fingerprint density at radius 2 is 2.25 bits per heavy atom. The topological polar surface area (TPSA) is 59.3 Å². The first kappa shape index (κ1) is 11.4. The van der Waals surface area contributed by atoms with Crippen molar-refractivity contribution in [3.63, 3.8) is 0 Å². The molecule has 1 atom stereocenters. The number of aromatic nitrogens is 2. The molecule has 0 fully saturated rings. The van der Waals surface area contributed by atoms with Crippen molar-refractivity contribution in [3.05, 3.63) is 47.5 Å². The van der Waals surface area contributed by atoms with Gasteiger partial charge in [-0.2, -0.15) is 5.10 Å². The maximum Gasteiger partial charge on any atom is 0.240 e. The largest absolute Gasteiger partial charge is 0.306 e. The summed E-state index contributed by atoms with van der Waals surface area (Å²) in [6, 6.07) is 6.33. The fraction of sp³-hybridized carbons (Fsp3) is 0.267. The normalized spacial score (nSPS) is 20.1. The molecule has 0 saturated heterocycles. The zero-order valence-electron chi connectivity index (χ0n) is 11.1. The standard InChI is InChI=1S/C15H14N4O/c1-9-7-19(8-16-9)12-2-3-13-10(5-12)4-11-6-14(20)17-18-15(11)13/h2-3,5,7-8,11H,4,6H2,1H3,(H,17,20). The summed E-state index contributed by atoms with van der Waals surface area (Å²) in [4.78, 5) is 15.7. The van der Waals surface area contributed by atoms with E-state index < -0.39 is 0 Å². The third-order valence-electron chi connectivity index (χ3n) is 3.96. The molecule has 1 unspecified atom stereocenters. The van der Waals surface area contributed by atoms with Crippen molar-refractivity contribution in [2.24, 2.45) is 11.0 Å². The first-order chi connectivity index (χ1) is 9.70. The van der Waals surface area contributed by atoms with Gasteiger partial charge >= 0.3 is 0 Å². The molecule has 0 bridgehead atoms. The molecule has 2 aromatic rings. The van der Waals surface area contributed by atoms with Crippen LogP contribution in [-0.2, 0) is 11.2 Å². The van der Waals surface area contributed by atoms with Crippen molar-refractivity contribution in [3.8, 4) is 5.69 Å². The number of aryl methyl sites for hydroxylation is 1. The second kappa shape index (κ2) is 4.03. The van der Waals surface area contributed by atoms with Gasteiger partial charge in [-0.3, -0.25) is 4.79 Å². The average molecular weight is 266 g/mol. The van der Waals surface area contributed by atoms with E-state index in [0.29, 0.717) is 6.42 Å². The Bertz CT molecular complexity index is 744. The molecule has 5 heteroatoms. The lowest BCUT2D eigenvalue weighted by atomic mass is 9.99. The molecule has 2 aliphatic rings. The first-order valence-electron chi connectivity index (χ1n) is 6.71. The molecule has 5 nitrogen and oxygen atoms in total. The number of rotatable bonds is 1. The highest BCUT2D eigenvalue weighted by molar-refractivity contribution is 6.09. The second-order valence-corrected chi connectivity index (χ2v) is 5.40. The van der Waals surface area contributed by atoms with Crippen LogP contribution in [0.5, 0.6) is 0 Å². The Kier molecular flexibility index (Phi) is 2.30. The predicted molar refractivity (Wildman–Crippen MR) is 74.8 cm³/mol. The number of hydrogen-bond acceptors (Lipinski definition) is 3. The fourth-order valence-electron chi connectivity index (χ4n) is 3.02. The van der Waals surface area contributed by atoms with Gasteiger partial charge in [-0.1, -0.05) is 6.07 Å². The van der Waals surface area contributed by atoms with Crippen molar-refractivity contribution >= 4 is 11.6 Å². The molecule has 1 amide bonds. The minimum absolute atomic E-state index is 0.0111. The van der Waals surface area contributed by atoms with Gasteiger partial charge in [0.2, 0.25) is 5.91 Å². The number of amides is 1.